The summed E-state index contributed by atoms with van der Waals surface area (Å²) in [6, 6.07) is 17.0. The smallest absolute Gasteiger partial charge is 0.338 e. The van der Waals surface area contributed by atoms with Gasteiger partial charge in [0.15, 0.2) is 6.10 Å². The van der Waals surface area contributed by atoms with Gasteiger partial charge in [0.25, 0.3) is 5.91 Å². The molecule has 2 aromatic carbocycles. The predicted octanol–water partition coefficient (Wildman–Crippen LogP) is 4.74. The van der Waals surface area contributed by atoms with Crippen molar-refractivity contribution in [2.75, 3.05) is 5.32 Å². The lowest BCUT2D eigenvalue weighted by Crippen LogP contribution is -2.24. The van der Waals surface area contributed by atoms with E-state index in [0.717, 1.165) is 5.56 Å². The van der Waals surface area contributed by atoms with E-state index in [1.807, 2.05) is 24.4 Å². The molecule has 1 heterocycles. The molecule has 1 N–H and O–H groups in total. The second kappa shape index (κ2) is 8.63. The number of anilines is 1. The third-order valence-electron chi connectivity index (χ3n) is 4.11. The van der Waals surface area contributed by atoms with Crippen LogP contribution in [0, 0.1) is 6.92 Å². The maximum absolute atomic E-state index is 12.4. The van der Waals surface area contributed by atoms with Gasteiger partial charge >= 0.3 is 5.97 Å². The lowest BCUT2D eigenvalue weighted by molar-refractivity contribution is 0.0319. The molecule has 28 heavy (non-hydrogen) atoms. The van der Waals surface area contributed by atoms with Crippen LogP contribution >= 0.6 is 11.3 Å². The highest BCUT2D eigenvalue weighted by Crippen LogP contribution is 2.16. The number of hydrogen-bond donors (Lipinski definition) is 1. The lowest BCUT2D eigenvalue weighted by atomic mass is 10.1. The SMILES string of the molecule is Cc1ccc(C(=O)[C@@H](C)OC(=O)c2ccc(NC(=O)c3cccs3)cc2)cc1. The number of aryl methyl sites for hydroxylation is 1. The summed E-state index contributed by atoms with van der Waals surface area (Å²) in [4.78, 5) is 37.3. The number of carbonyl (C=O) groups is 3. The number of esters is 1. The average molecular weight is 393 g/mol. The van der Waals surface area contributed by atoms with E-state index in [1.165, 1.54) is 11.3 Å². The number of amides is 1. The Balaban J connectivity index is 1.60. The van der Waals surface area contributed by atoms with Crippen LogP contribution in [0.4, 0.5) is 5.69 Å². The van der Waals surface area contributed by atoms with E-state index in [9.17, 15) is 14.4 Å². The number of rotatable bonds is 6. The Morgan fingerprint density at radius 2 is 1.57 bits per heavy atom. The lowest BCUT2D eigenvalue weighted by Gasteiger charge is -2.13. The largest absolute Gasteiger partial charge is 0.451 e. The Hall–Kier alpha value is -3.25. The van der Waals surface area contributed by atoms with Crippen molar-refractivity contribution in [3.8, 4) is 0 Å². The van der Waals surface area contributed by atoms with Crippen molar-refractivity contribution in [3.05, 3.63) is 87.6 Å². The van der Waals surface area contributed by atoms with E-state index >= 15 is 0 Å². The third kappa shape index (κ3) is 4.72. The number of thiophene rings is 1. The summed E-state index contributed by atoms with van der Waals surface area (Å²) < 4.78 is 5.29. The first-order chi connectivity index (χ1) is 13.4. The van der Waals surface area contributed by atoms with Crippen molar-refractivity contribution in [1.82, 2.24) is 0 Å². The van der Waals surface area contributed by atoms with E-state index < -0.39 is 12.1 Å². The number of nitrogens with one attached hydrogen (secondary N) is 1. The molecule has 0 unspecified atom stereocenters. The normalized spacial score (nSPS) is 11.5. The van der Waals surface area contributed by atoms with Gasteiger partial charge in [-0.1, -0.05) is 35.9 Å². The molecule has 0 spiro atoms. The second-order valence-corrected chi connectivity index (χ2v) is 7.23. The Kier molecular flexibility index (Phi) is 6.01. The highest BCUT2D eigenvalue weighted by Gasteiger charge is 2.20. The van der Waals surface area contributed by atoms with E-state index in [1.54, 1.807) is 55.5 Å². The molecule has 0 saturated carbocycles. The Morgan fingerprint density at radius 1 is 0.929 bits per heavy atom. The third-order valence-corrected chi connectivity index (χ3v) is 4.98. The molecular formula is C22H19NO4S. The minimum Gasteiger partial charge on any atom is -0.451 e. The summed E-state index contributed by atoms with van der Waals surface area (Å²) in [6.45, 7) is 3.49. The van der Waals surface area contributed by atoms with Crippen LogP contribution in [0.5, 0.6) is 0 Å². The quantitative estimate of drug-likeness (QED) is 0.485. The minimum atomic E-state index is -0.895. The van der Waals surface area contributed by atoms with Gasteiger partial charge in [0.05, 0.1) is 10.4 Å². The van der Waals surface area contributed by atoms with E-state index in [4.69, 9.17) is 4.74 Å². The van der Waals surface area contributed by atoms with Crippen LogP contribution in [0.1, 0.15) is 42.9 Å². The molecule has 0 aliphatic heterocycles. The van der Waals surface area contributed by atoms with Crippen LogP contribution < -0.4 is 5.32 Å². The van der Waals surface area contributed by atoms with Crippen LogP contribution in [0.3, 0.4) is 0 Å². The zero-order valence-corrected chi connectivity index (χ0v) is 16.3. The maximum Gasteiger partial charge on any atom is 0.338 e. The molecule has 3 rings (SSSR count). The van der Waals surface area contributed by atoms with Gasteiger partial charge in [0.1, 0.15) is 0 Å². The van der Waals surface area contributed by atoms with Crippen molar-refractivity contribution >= 4 is 34.7 Å². The van der Waals surface area contributed by atoms with Crippen LogP contribution in [-0.2, 0) is 4.74 Å². The van der Waals surface area contributed by atoms with Crippen molar-refractivity contribution in [2.24, 2.45) is 0 Å². The summed E-state index contributed by atoms with van der Waals surface area (Å²) in [5.41, 5.74) is 2.42. The van der Waals surface area contributed by atoms with Gasteiger partial charge in [-0.25, -0.2) is 4.79 Å². The number of ketones is 1. The topological polar surface area (TPSA) is 72.5 Å². The van der Waals surface area contributed by atoms with Gasteiger partial charge in [-0.3, -0.25) is 9.59 Å². The van der Waals surface area contributed by atoms with Crippen LogP contribution in [0.15, 0.2) is 66.0 Å². The van der Waals surface area contributed by atoms with Gasteiger partial charge < -0.3 is 10.1 Å². The van der Waals surface area contributed by atoms with E-state index in [-0.39, 0.29) is 11.7 Å². The fraction of sp³-hybridized carbons (Fsp3) is 0.136. The molecule has 0 saturated heterocycles. The molecule has 0 radical (unpaired) electrons. The summed E-state index contributed by atoms with van der Waals surface area (Å²) in [5, 5.41) is 4.59. The number of benzene rings is 2. The Labute approximate surface area is 167 Å². The molecule has 1 atom stereocenters. The standard InChI is InChI=1S/C22H19NO4S/c1-14-5-7-16(8-6-14)20(24)15(2)27-22(26)17-9-11-18(12-10-17)23-21(25)19-4-3-13-28-19/h3-13,15H,1-2H3,(H,23,25)/t15-/m1/s1. The molecule has 1 aromatic heterocycles. The minimum absolute atomic E-state index is 0.206. The first kappa shape index (κ1) is 19.5. The molecule has 3 aromatic rings. The van der Waals surface area contributed by atoms with Crippen molar-refractivity contribution < 1.29 is 19.1 Å². The Bertz CT molecular complexity index is 976. The van der Waals surface area contributed by atoms with Gasteiger partial charge in [0, 0.05) is 11.3 Å². The monoisotopic (exact) mass is 393 g/mol. The maximum atomic E-state index is 12.4. The molecule has 0 aliphatic rings. The van der Waals surface area contributed by atoms with Crippen LogP contribution in [0.25, 0.3) is 0 Å². The highest BCUT2D eigenvalue weighted by atomic mass is 32.1. The summed E-state index contributed by atoms with van der Waals surface area (Å²) in [7, 11) is 0. The fourth-order valence-electron chi connectivity index (χ4n) is 2.52. The number of ether oxygens (including phenoxy) is 1. The second-order valence-electron chi connectivity index (χ2n) is 6.29. The summed E-state index contributed by atoms with van der Waals surface area (Å²) in [6.07, 6.45) is -0.895. The van der Waals surface area contributed by atoms with Crippen molar-refractivity contribution in [1.29, 1.82) is 0 Å². The predicted molar refractivity (Wildman–Crippen MR) is 109 cm³/mol. The summed E-state index contributed by atoms with van der Waals surface area (Å²) >= 11 is 1.35. The van der Waals surface area contributed by atoms with Crippen LogP contribution in [0.2, 0.25) is 0 Å². The highest BCUT2D eigenvalue weighted by molar-refractivity contribution is 7.12. The fourth-order valence-corrected chi connectivity index (χ4v) is 3.14. The Morgan fingerprint density at radius 3 is 2.18 bits per heavy atom. The number of carbonyl (C=O) groups excluding carboxylic acids is 3. The number of hydrogen-bond acceptors (Lipinski definition) is 5. The van der Waals surface area contributed by atoms with Gasteiger partial charge in [-0.05, 0) is 49.6 Å². The zero-order chi connectivity index (χ0) is 20.1. The molecule has 0 aliphatic carbocycles. The van der Waals surface area contributed by atoms with E-state index in [2.05, 4.69) is 5.32 Å². The van der Waals surface area contributed by atoms with Crippen molar-refractivity contribution in [2.45, 2.75) is 20.0 Å². The molecule has 142 valence electrons. The zero-order valence-electron chi connectivity index (χ0n) is 15.5. The molecule has 6 heteroatoms. The molecule has 0 bridgehead atoms. The van der Waals surface area contributed by atoms with Crippen LogP contribution in [-0.4, -0.2) is 23.8 Å². The molecule has 0 fully saturated rings. The number of Topliss-reactive ketones (excluding diaryl/α,β-unsaturated/α-hetero) is 1. The summed E-state index contributed by atoms with van der Waals surface area (Å²) in [5.74, 6) is -1.06. The first-order valence-corrected chi connectivity index (χ1v) is 9.59. The van der Waals surface area contributed by atoms with E-state index in [0.29, 0.717) is 21.7 Å². The van der Waals surface area contributed by atoms with Gasteiger partial charge in [-0.15, -0.1) is 11.3 Å². The molecular weight excluding hydrogens is 374 g/mol. The van der Waals surface area contributed by atoms with Gasteiger partial charge in [0.2, 0.25) is 5.78 Å². The van der Waals surface area contributed by atoms with Gasteiger partial charge in [-0.2, -0.15) is 0 Å². The van der Waals surface area contributed by atoms with Crippen molar-refractivity contribution in [3.63, 3.8) is 0 Å². The molecule has 5 nitrogen and oxygen atoms in total. The average Bonchev–Trinajstić information content (AvgIpc) is 3.23. The molecule has 1 amide bonds. The first-order valence-electron chi connectivity index (χ1n) is 8.71.